The van der Waals surface area contributed by atoms with Crippen LogP contribution in [-0.2, 0) is 6.54 Å². The molecule has 2 aromatic rings. The Morgan fingerprint density at radius 3 is 2.52 bits per heavy atom. The van der Waals surface area contributed by atoms with E-state index >= 15 is 0 Å². The number of hydrogen-bond donors (Lipinski definition) is 2. The fourth-order valence-electron chi connectivity index (χ4n) is 2.51. The molecular weight excluding hydrogens is 318 g/mol. The molecule has 5 heteroatoms. The van der Waals surface area contributed by atoms with Gasteiger partial charge in [0, 0.05) is 12.6 Å². The van der Waals surface area contributed by atoms with Crippen LogP contribution in [0, 0.1) is 0 Å². The van der Waals surface area contributed by atoms with Gasteiger partial charge in [-0.25, -0.2) is 4.79 Å². The van der Waals surface area contributed by atoms with Gasteiger partial charge in [0.2, 0.25) is 0 Å². The van der Waals surface area contributed by atoms with Gasteiger partial charge >= 0.3 is 5.97 Å². The predicted molar refractivity (Wildman–Crippen MR) is 97.4 cm³/mol. The molecule has 2 rings (SSSR count). The maximum Gasteiger partial charge on any atom is 0.335 e. The van der Waals surface area contributed by atoms with Crippen LogP contribution in [0.2, 0.25) is 0 Å². The molecular formula is C20H25NO4. The van der Waals surface area contributed by atoms with E-state index in [1.807, 2.05) is 38.1 Å². The van der Waals surface area contributed by atoms with Crippen molar-refractivity contribution in [3.63, 3.8) is 0 Å². The van der Waals surface area contributed by atoms with Gasteiger partial charge in [-0.3, -0.25) is 0 Å². The molecule has 1 atom stereocenters. The molecule has 0 aliphatic rings. The largest absolute Gasteiger partial charge is 0.493 e. The molecule has 134 valence electrons. The monoisotopic (exact) mass is 343 g/mol. The molecule has 2 aromatic carbocycles. The van der Waals surface area contributed by atoms with Gasteiger partial charge in [0.05, 0.1) is 18.8 Å². The summed E-state index contributed by atoms with van der Waals surface area (Å²) in [5.41, 5.74) is 2.30. The standard InChI is InChI=1S/C20H25NO4/c1-13(2)25-18-9-8-16(11-19(18)24-4)14(3)21-12-15-6-5-7-17(10-15)20(22)23/h5-11,13-14,21H,12H2,1-4H3,(H,22,23). The van der Waals surface area contributed by atoms with Crippen LogP contribution in [0.4, 0.5) is 0 Å². The number of aromatic carboxylic acids is 1. The third-order valence-electron chi connectivity index (χ3n) is 3.84. The fraction of sp³-hybridized carbons (Fsp3) is 0.350. The van der Waals surface area contributed by atoms with Crippen LogP contribution < -0.4 is 14.8 Å². The molecule has 25 heavy (non-hydrogen) atoms. The SMILES string of the molecule is COc1cc(C(C)NCc2cccc(C(=O)O)c2)ccc1OC(C)C. The minimum atomic E-state index is -0.916. The summed E-state index contributed by atoms with van der Waals surface area (Å²) in [7, 11) is 1.63. The Morgan fingerprint density at radius 1 is 1.12 bits per heavy atom. The summed E-state index contributed by atoms with van der Waals surface area (Å²) in [6.07, 6.45) is 0.0804. The number of methoxy groups -OCH3 is 1. The molecule has 0 saturated heterocycles. The van der Waals surface area contributed by atoms with E-state index in [2.05, 4.69) is 12.2 Å². The molecule has 0 aliphatic heterocycles. The summed E-state index contributed by atoms with van der Waals surface area (Å²) in [5.74, 6) is 0.510. The lowest BCUT2D eigenvalue weighted by atomic mass is 10.1. The van der Waals surface area contributed by atoms with Crippen molar-refractivity contribution in [2.75, 3.05) is 7.11 Å². The van der Waals surface area contributed by atoms with Crippen molar-refractivity contribution >= 4 is 5.97 Å². The summed E-state index contributed by atoms with van der Waals surface area (Å²) >= 11 is 0. The van der Waals surface area contributed by atoms with Gasteiger partial charge in [-0.15, -0.1) is 0 Å². The second kappa shape index (κ2) is 8.53. The van der Waals surface area contributed by atoms with Gasteiger partial charge in [-0.05, 0) is 56.2 Å². The van der Waals surface area contributed by atoms with Crippen molar-refractivity contribution in [3.8, 4) is 11.5 Å². The number of hydrogen-bond acceptors (Lipinski definition) is 4. The highest BCUT2D eigenvalue weighted by Gasteiger charge is 2.12. The summed E-state index contributed by atoms with van der Waals surface area (Å²) in [4.78, 5) is 11.0. The Bertz CT molecular complexity index is 727. The van der Waals surface area contributed by atoms with Gasteiger partial charge in [0.15, 0.2) is 11.5 Å². The molecule has 0 radical (unpaired) electrons. The number of benzene rings is 2. The number of ether oxygens (including phenoxy) is 2. The average molecular weight is 343 g/mol. The molecule has 0 fully saturated rings. The number of rotatable bonds is 8. The Hall–Kier alpha value is -2.53. The smallest absolute Gasteiger partial charge is 0.335 e. The number of carbonyl (C=O) groups is 1. The van der Waals surface area contributed by atoms with Gasteiger partial charge in [0.1, 0.15) is 0 Å². The Labute approximate surface area is 148 Å². The first kappa shape index (κ1) is 18.8. The summed E-state index contributed by atoms with van der Waals surface area (Å²) in [6.45, 7) is 6.58. The van der Waals surface area contributed by atoms with Gasteiger partial charge < -0.3 is 19.9 Å². The van der Waals surface area contributed by atoms with E-state index in [4.69, 9.17) is 14.6 Å². The van der Waals surface area contributed by atoms with Crippen LogP contribution in [0.3, 0.4) is 0 Å². The van der Waals surface area contributed by atoms with E-state index in [1.165, 1.54) is 0 Å². The lowest BCUT2D eigenvalue weighted by molar-refractivity contribution is 0.0696. The van der Waals surface area contributed by atoms with Crippen molar-refractivity contribution in [2.24, 2.45) is 0 Å². The number of nitrogens with one attached hydrogen (secondary N) is 1. The van der Waals surface area contributed by atoms with Crippen molar-refractivity contribution in [2.45, 2.75) is 39.5 Å². The maximum atomic E-state index is 11.0. The summed E-state index contributed by atoms with van der Waals surface area (Å²) in [5, 5.41) is 12.5. The van der Waals surface area contributed by atoms with Gasteiger partial charge in [-0.1, -0.05) is 18.2 Å². The molecule has 0 saturated carbocycles. The molecule has 0 bridgehead atoms. The zero-order valence-corrected chi connectivity index (χ0v) is 15.1. The zero-order valence-electron chi connectivity index (χ0n) is 15.1. The minimum Gasteiger partial charge on any atom is -0.493 e. The van der Waals surface area contributed by atoms with Crippen molar-refractivity contribution in [3.05, 3.63) is 59.2 Å². The van der Waals surface area contributed by atoms with Crippen LogP contribution in [0.25, 0.3) is 0 Å². The molecule has 5 nitrogen and oxygen atoms in total. The van der Waals surface area contributed by atoms with Crippen LogP contribution in [0.15, 0.2) is 42.5 Å². The van der Waals surface area contributed by atoms with E-state index in [1.54, 1.807) is 25.3 Å². The van der Waals surface area contributed by atoms with Gasteiger partial charge in [-0.2, -0.15) is 0 Å². The highest BCUT2D eigenvalue weighted by atomic mass is 16.5. The van der Waals surface area contributed by atoms with Crippen LogP contribution >= 0.6 is 0 Å². The summed E-state index contributed by atoms with van der Waals surface area (Å²) < 4.78 is 11.2. The van der Waals surface area contributed by atoms with Crippen LogP contribution in [0.5, 0.6) is 11.5 Å². The molecule has 2 N–H and O–H groups in total. The first-order valence-corrected chi connectivity index (χ1v) is 8.31. The molecule has 0 aliphatic carbocycles. The fourth-order valence-corrected chi connectivity index (χ4v) is 2.51. The number of carboxylic acid groups (broad SMARTS) is 1. The lowest BCUT2D eigenvalue weighted by Gasteiger charge is -2.18. The van der Waals surface area contributed by atoms with Crippen molar-refractivity contribution in [1.82, 2.24) is 5.32 Å². The highest BCUT2D eigenvalue weighted by molar-refractivity contribution is 5.87. The van der Waals surface area contributed by atoms with Crippen LogP contribution in [-0.4, -0.2) is 24.3 Å². The Balaban J connectivity index is 2.06. The topological polar surface area (TPSA) is 67.8 Å². The minimum absolute atomic E-state index is 0.0792. The molecule has 0 heterocycles. The van der Waals surface area contributed by atoms with Gasteiger partial charge in [0.25, 0.3) is 0 Å². The maximum absolute atomic E-state index is 11.0. The molecule has 0 amide bonds. The predicted octanol–water partition coefficient (Wildman–Crippen LogP) is 4.03. The molecule has 0 aromatic heterocycles. The number of carboxylic acids is 1. The second-order valence-electron chi connectivity index (χ2n) is 6.19. The van der Waals surface area contributed by atoms with Crippen molar-refractivity contribution < 1.29 is 19.4 Å². The third-order valence-corrected chi connectivity index (χ3v) is 3.84. The quantitative estimate of drug-likeness (QED) is 0.757. The molecule has 0 spiro atoms. The van der Waals surface area contributed by atoms with E-state index in [-0.39, 0.29) is 12.1 Å². The third kappa shape index (κ3) is 5.22. The first-order valence-electron chi connectivity index (χ1n) is 8.31. The van der Waals surface area contributed by atoms with Crippen LogP contribution in [0.1, 0.15) is 48.3 Å². The summed E-state index contributed by atoms with van der Waals surface area (Å²) in [6, 6.07) is 12.9. The highest BCUT2D eigenvalue weighted by Crippen LogP contribution is 2.31. The Kier molecular flexibility index (Phi) is 6.42. The zero-order chi connectivity index (χ0) is 18.4. The van der Waals surface area contributed by atoms with Crippen molar-refractivity contribution in [1.29, 1.82) is 0 Å². The average Bonchev–Trinajstić information content (AvgIpc) is 2.59. The second-order valence-corrected chi connectivity index (χ2v) is 6.19. The van der Waals surface area contributed by atoms with E-state index in [0.29, 0.717) is 17.9 Å². The molecule has 1 unspecified atom stereocenters. The first-order chi connectivity index (χ1) is 11.9. The van der Waals surface area contributed by atoms with E-state index < -0.39 is 5.97 Å². The Morgan fingerprint density at radius 2 is 1.88 bits per heavy atom. The normalized spacial score (nSPS) is 12.0. The lowest BCUT2D eigenvalue weighted by Crippen LogP contribution is -2.18. The van der Waals surface area contributed by atoms with E-state index in [9.17, 15) is 4.79 Å². The van der Waals surface area contributed by atoms with E-state index in [0.717, 1.165) is 16.9 Å².